The van der Waals surface area contributed by atoms with Gasteiger partial charge in [-0.05, 0) is 37.8 Å². The van der Waals surface area contributed by atoms with Crippen LogP contribution in [0.4, 0.5) is 0 Å². The first kappa shape index (κ1) is 19.1. The van der Waals surface area contributed by atoms with Crippen LogP contribution in [0.3, 0.4) is 0 Å². The van der Waals surface area contributed by atoms with Gasteiger partial charge in [0.2, 0.25) is 0 Å². The third-order valence-electron chi connectivity index (χ3n) is 4.14. The van der Waals surface area contributed by atoms with Crippen LogP contribution in [0.5, 0.6) is 0 Å². The number of nitrogens with zero attached hydrogens (tertiary/aromatic N) is 1. The lowest BCUT2D eigenvalue weighted by Gasteiger charge is -2.12. The zero-order valence-corrected chi connectivity index (χ0v) is 16.5. The number of halogens is 2. The van der Waals surface area contributed by atoms with Crippen LogP contribution >= 0.6 is 34.5 Å². The van der Waals surface area contributed by atoms with Crippen molar-refractivity contribution in [1.82, 2.24) is 10.3 Å². The smallest absolute Gasteiger partial charge is 0.312 e. The first-order valence-corrected chi connectivity index (χ1v) is 9.91. The number of aromatic nitrogens is 1. The molecule has 0 unspecified atom stereocenters. The number of hydrogen-bond donors (Lipinski definition) is 1. The highest BCUT2D eigenvalue weighted by molar-refractivity contribution is 7.13. The van der Waals surface area contributed by atoms with Crippen molar-refractivity contribution in [1.29, 1.82) is 0 Å². The summed E-state index contributed by atoms with van der Waals surface area (Å²) in [6.45, 7) is 1.69. The fourth-order valence-corrected chi connectivity index (χ4v) is 4.14. The minimum atomic E-state index is -0.499. The number of nitrogens with one attached hydrogen (secondary N) is 1. The second-order valence-corrected chi connectivity index (χ2v) is 7.94. The average Bonchev–Trinajstić information content (AvgIpc) is 3.34. The summed E-state index contributed by atoms with van der Waals surface area (Å²) in [6, 6.07) is 5.36. The summed E-state index contributed by atoms with van der Waals surface area (Å²) >= 11 is 13.7. The van der Waals surface area contributed by atoms with Gasteiger partial charge in [-0.2, -0.15) is 0 Å². The summed E-state index contributed by atoms with van der Waals surface area (Å²) in [4.78, 5) is 28.1. The molecule has 1 saturated carbocycles. The molecule has 0 aliphatic heterocycles. The molecule has 8 heteroatoms. The molecule has 26 heavy (non-hydrogen) atoms. The van der Waals surface area contributed by atoms with Crippen LogP contribution in [0.2, 0.25) is 10.0 Å². The summed E-state index contributed by atoms with van der Waals surface area (Å²) in [7, 11) is 0. The first-order chi connectivity index (χ1) is 12.4. The molecule has 0 spiro atoms. The average molecular weight is 413 g/mol. The van der Waals surface area contributed by atoms with Crippen molar-refractivity contribution in [2.45, 2.75) is 32.2 Å². The molecule has 1 amide bonds. The van der Waals surface area contributed by atoms with Crippen LogP contribution in [0, 0.1) is 5.92 Å². The molecule has 1 N–H and O–H groups in total. The van der Waals surface area contributed by atoms with Crippen molar-refractivity contribution in [2.24, 2.45) is 5.92 Å². The van der Waals surface area contributed by atoms with E-state index in [0.29, 0.717) is 32.2 Å². The molecule has 1 atom stereocenters. The number of esters is 1. The summed E-state index contributed by atoms with van der Waals surface area (Å²) in [6.07, 6.45) is 2.27. The first-order valence-electron chi connectivity index (χ1n) is 8.28. The minimum absolute atomic E-state index is 0.00989. The number of ether oxygens (including phenoxy) is 1. The number of thiazole rings is 1. The van der Waals surface area contributed by atoms with Crippen LogP contribution in [0.25, 0.3) is 10.6 Å². The highest BCUT2D eigenvalue weighted by Gasteiger charge is 2.29. The van der Waals surface area contributed by atoms with Crippen LogP contribution < -0.4 is 5.32 Å². The van der Waals surface area contributed by atoms with Crippen LogP contribution in [0.15, 0.2) is 23.6 Å². The van der Waals surface area contributed by atoms with Crippen molar-refractivity contribution < 1.29 is 14.3 Å². The topological polar surface area (TPSA) is 68.3 Å². The maximum atomic E-state index is 11.9. The maximum Gasteiger partial charge on any atom is 0.312 e. The number of benzene rings is 1. The molecule has 2 aromatic rings. The third kappa shape index (κ3) is 4.96. The van der Waals surface area contributed by atoms with E-state index in [1.54, 1.807) is 23.6 Å². The second kappa shape index (κ2) is 8.37. The van der Waals surface area contributed by atoms with Gasteiger partial charge in [0, 0.05) is 17.0 Å². The summed E-state index contributed by atoms with van der Waals surface area (Å²) in [5.74, 6) is -0.222. The number of carbonyl (C=O) groups is 2. The summed E-state index contributed by atoms with van der Waals surface area (Å²) in [5.41, 5.74) is 1.20. The number of amides is 1. The van der Waals surface area contributed by atoms with E-state index >= 15 is 0 Å². The van der Waals surface area contributed by atoms with Gasteiger partial charge in [0.15, 0.2) is 6.61 Å². The van der Waals surface area contributed by atoms with Crippen molar-refractivity contribution in [3.05, 3.63) is 39.3 Å². The van der Waals surface area contributed by atoms with Crippen LogP contribution in [-0.2, 0) is 20.7 Å². The largest absolute Gasteiger partial charge is 0.455 e. The molecule has 1 aromatic carbocycles. The lowest BCUT2D eigenvalue weighted by atomic mass is 10.2. The molecule has 0 bridgehead atoms. The molecule has 0 radical (unpaired) electrons. The van der Waals surface area contributed by atoms with Gasteiger partial charge in [-0.3, -0.25) is 9.59 Å². The van der Waals surface area contributed by atoms with Crippen molar-refractivity contribution >= 4 is 46.4 Å². The van der Waals surface area contributed by atoms with E-state index in [1.807, 2.05) is 6.92 Å². The second-order valence-electron chi connectivity index (χ2n) is 6.27. The van der Waals surface area contributed by atoms with Gasteiger partial charge in [0.25, 0.3) is 5.91 Å². The van der Waals surface area contributed by atoms with Gasteiger partial charge >= 0.3 is 5.97 Å². The van der Waals surface area contributed by atoms with E-state index in [2.05, 4.69) is 10.3 Å². The van der Waals surface area contributed by atoms with Crippen molar-refractivity contribution in [3.8, 4) is 10.6 Å². The molecule has 1 fully saturated rings. The third-order valence-corrected chi connectivity index (χ3v) is 5.67. The Kier molecular flexibility index (Phi) is 6.16. The van der Waals surface area contributed by atoms with Crippen LogP contribution in [0.1, 0.15) is 25.5 Å². The standard InChI is InChI=1S/C18H18Cl2N2O3S/c1-10(11-5-6-11)21-15(23)8-25-16(24)7-12-9-26-18(22-12)17-13(19)3-2-4-14(17)20/h2-4,9-11H,5-8H2,1H3,(H,21,23)/t10-/m0/s1. The van der Waals surface area contributed by atoms with E-state index in [-0.39, 0.29) is 25.0 Å². The quantitative estimate of drug-likeness (QED) is 0.694. The number of rotatable bonds is 7. The fraction of sp³-hybridized carbons (Fsp3) is 0.389. The molecule has 3 rings (SSSR count). The van der Waals surface area contributed by atoms with Gasteiger partial charge < -0.3 is 10.1 Å². The van der Waals surface area contributed by atoms with E-state index in [1.165, 1.54) is 11.3 Å². The Hall–Kier alpha value is -1.63. The maximum absolute atomic E-state index is 11.9. The highest BCUT2D eigenvalue weighted by Crippen LogP contribution is 2.36. The molecule has 5 nitrogen and oxygen atoms in total. The van der Waals surface area contributed by atoms with Crippen LogP contribution in [-0.4, -0.2) is 29.5 Å². The van der Waals surface area contributed by atoms with Gasteiger partial charge in [-0.25, -0.2) is 4.98 Å². The predicted octanol–water partition coefficient (Wildman–Crippen LogP) is 4.12. The van der Waals surface area contributed by atoms with Crippen molar-refractivity contribution in [3.63, 3.8) is 0 Å². The molecule has 1 aromatic heterocycles. The molecular formula is C18H18Cl2N2O3S. The molecule has 138 valence electrons. The minimum Gasteiger partial charge on any atom is -0.455 e. The van der Waals surface area contributed by atoms with Gasteiger partial charge in [0.1, 0.15) is 5.01 Å². The zero-order valence-electron chi connectivity index (χ0n) is 14.1. The van der Waals surface area contributed by atoms with E-state index < -0.39 is 5.97 Å². The molecule has 1 heterocycles. The highest BCUT2D eigenvalue weighted by atomic mass is 35.5. The van der Waals surface area contributed by atoms with Gasteiger partial charge in [0.05, 0.1) is 22.2 Å². The lowest BCUT2D eigenvalue weighted by Crippen LogP contribution is -2.37. The zero-order chi connectivity index (χ0) is 18.7. The Morgan fingerprint density at radius 3 is 2.69 bits per heavy atom. The Labute approximate surface area is 165 Å². The van der Waals surface area contributed by atoms with E-state index in [9.17, 15) is 9.59 Å². The van der Waals surface area contributed by atoms with E-state index in [4.69, 9.17) is 27.9 Å². The molecule has 1 aliphatic rings. The predicted molar refractivity (Wildman–Crippen MR) is 103 cm³/mol. The lowest BCUT2D eigenvalue weighted by molar-refractivity contribution is -0.148. The fourth-order valence-electron chi connectivity index (χ4n) is 2.56. The number of hydrogen-bond acceptors (Lipinski definition) is 5. The SMILES string of the molecule is C[C@H](NC(=O)COC(=O)Cc1csc(-c2c(Cl)cccc2Cl)n1)C1CC1. The summed E-state index contributed by atoms with van der Waals surface area (Å²) in [5, 5.41) is 6.24. The normalized spacial score (nSPS) is 14.7. The Morgan fingerprint density at radius 1 is 1.35 bits per heavy atom. The monoisotopic (exact) mass is 412 g/mol. The van der Waals surface area contributed by atoms with Crippen molar-refractivity contribution in [2.75, 3.05) is 6.61 Å². The Bertz CT molecular complexity index is 800. The van der Waals surface area contributed by atoms with Gasteiger partial charge in [-0.1, -0.05) is 29.3 Å². The Balaban J connectivity index is 1.52. The molecular weight excluding hydrogens is 395 g/mol. The van der Waals surface area contributed by atoms with Gasteiger partial charge in [-0.15, -0.1) is 11.3 Å². The van der Waals surface area contributed by atoms with E-state index in [0.717, 1.165) is 12.8 Å². The number of carbonyl (C=O) groups excluding carboxylic acids is 2. The molecule has 1 aliphatic carbocycles. The molecule has 0 saturated heterocycles. The Morgan fingerprint density at radius 2 is 2.04 bits per heavy atom. The summed E-state index contributed by atoms with van der Waals surface area (Å²) < 4.78 is 5.03.